The van der Waals surface area contributed by atoms with Gasteiger partial charge in [-0.25, -0.2) is 0 Å². The van der Waals surface area contributed by atoms with E-state index in [9.17, 15) is 4.79 Å². The number of hydrogen-bond donors (Lipinski definition) is 0. The van der Waals surface area contributed by atoms with Crippen molar-refractivity contribution in [2.75, 3.05) is 7.11 Å². The second kappa shape index (κ2) is 5.56. The summed E-state index contributed by atoms with van der Waals surface area (Å²) in [7, 11) is 1.44. The van der Waals surface area contributed by atoms with Gasteiger partial charge in [0.25, 0.3) is 0 Å². The van der Waals surface area contributed by atoms with Crippen molar-refractivity contribution in [3.8, 4) is 5.75 Å². The number of carbonyl (C=O) groups excluding carboxylic acids is 1. The fraction of sp³-hybridized carbons (Fsp3) is 0.294. The molecule has 1 heterocycles. The van der Waals surface area contributed by atoms with Gasteiger partial charge < -0.3 is 9.47 Å². The van der Waals surface area contributed by atoms with Gasteiger partial charge >= 0.3 is 5.97 Å². The number of ether oxygens (including phenoxy) is 2. The second-order valence-electron chi connectivity index (χ2n) is 5.21. The first kappa shape index (κ1) is 13.6. The monoisotopic (exact) mass is 283 g/mol. The van der Waals surface area contributed by atoms with Crippen molar-refractivity contribution in [2.24, 2.45) is 0 Å². The predicted octanol–water partition coefficient (Wildman–Crippen LogP) is 2.87. The highest BCUT2D eigenvalue weighted by Gasteiger charge is 2.52. The molecule has 0 unspecified atom stereocenters. The summed E-state index contributed by atoms with van der Waals surface area (Å²) >= 11 is 0. The Morgan fingerprint density at radius 3 is 2.52 bits per heavy atom. The fourth-order valence-corrected chi connectivity index (χ4v) is 2.44. The summed E-state index contributed by atoms with van der Waals surface area (Å²) in [6.07, 6.45) is 3.45. The van der Waals surface area contributed by atoms with Gasteiger partial charge in [0.05, 0.1) is 18.2 Å². The van der Waals surface area contributed by atoms with Crippen LogP contribution in [-0.4, -0.2) is 18.1 Å². The molecule has 1 aromatic carbocycles. The second-order valence-corrected chi connectivity index (χ2v) is 5.21. The van der Waals surface area contributed by atoms with E-state index in [1.165, 1.54) is 7.11 Å². The molecule has 21 heavy (non-hydrogen) atoms. The number of nitrogens with zero attached hydrogens (tertiary/aromatic N) is 1. The number of esters is 1. The van der Waals surface area contributed by atoms with Crippen LogP contribution in [0.4, 0.5) is 0 Å². The highest BCUT2D eigenvalue weighted by Crippen LogP contribution is 2.49. The van der Waals surface area contributed by atoms with Crippen LogP contribution < -0.4 is 4.74 Å². The summed E-state index contributed by atoms with van der Waals surface area (Å²) in [4.78, 5) is 16.0. The first-order valence-electron chi connectivity index (χ1n) is 6.96. The number of carbonyl (C=O) groups is 1. The zero-order valence-corrected chi connectivity index (χ0v) is 11.9. The lowest BCUT2D eigenvalue weighted by atomic mass is 9.96. The Morgan fingerprint density at radius 2 is 1.95 bits per heavy atom. The standard InChI is InChI=1S/C17H17NO3/c1-20-16(19)17(9-10-17)13-5-7-15(8-6-13)21-12-14-4-2-3-11-18-14/h2-8,11H,9-10,12H2,1H3. The molecule has 2 aromatic rings. The lowest BCUT2D eigenvalue weighted by Gasteiger charge is -2.13. The van der Waals surface area contributed by atoms with E-state index in [0.717, 1.165) is 29.8 Å². The molecule has 0 atom stereocenters. The zero-order chi connectivity index (χ0) is 14.7. The lowest BCUT2D eigenvalue weighted by molar-refractivity contribution is -0.143. The summed E-state index contributed by atoms with van der Waals surface area (Å²) in [5, 5.41) is 0. The van der Waals surface area contributed by atoms with Crippen LogP contribution in [0.2, 0.25) is 0 Å². The predicted molar refractivity (Wildman–Crippen MR) is 77.9 cm³/mol. The molecule has 1 saturated carbocycles. The van der Waals surface area contributed by atoms with Crippen LogP contribution in [0, 0.1) is 0 Å². The molecule has 0 aliphatic heterocycles. The van der Waals surface area contributed by atoms with Gasteiger partial charge in [-0.05, 0) is 42.7 Å². The van der Waals surface area contributed by atoms with Crippen LogP contribution in [0.15, 0.2) is 48.7 Å². The van der Waals surface area contributed by atoms with Crippen LogP contribution in [0.25, 0.3) is 0 Å². The Kier molecular flexibility index (Phi) is 3.60. The molecule has 4 heteroatoms. The van der Waals surface area contributed by atoms with E-state index >= 15 is 0 Å². The van der Waals surface area contributed by atoms with Gasteiger partial charge in [0.2, 0.25) is 0 Å². The topological polar surface area (TPSA) is 48.4 Å². The Bertz CT molecular complexity index is 618. The van der Waals surface area contributed by atoms with E-state index < -0.39 is 5.41 Å². The van der Waals surface area contributed by atoms with E-state index in [1.807, 2.05) is 42.5 Å². The summed E-state index contributed by atoms with van der Waals surface area (Å²) in [5.41, 5.74) is 1.46. The number of methoxy groups -OCH3 is 1. The van der Waals surface area contributed by atoms with E-state index in [-0.39, 0.29) is 5.97 Å². The molecule has 4 nitrogen and oxygen atoms in total. The molecule has 0 radical (unpaired) electrons. The van der Waals surface area contributed by atoms with E-state index in [0.29, 0.717) is 6.61 Å². The molecule has 0 N–H and O–H groups in total. The number of hydrogen-bond acceptors (Lipinski definition) is 4. The Labute approximate surface area is 123 Å². The van der Waals surface area contributed by atoms with Crippen LogP contribution in [0.1, 0.15) is 24.1 Å². The summed E-state index contributed by atoms with van der Waals surface area (Å²) in [5.74, 6) is 0.620. The van der Waals surface area contributed by atoms with Crippen molar-refractivity contribution in [2.45, 2.75) is 24.9 Å². The summed E-state index contributed by atoms with van der Waals surface area (Å²) in [6, 6.07) is 13.4. The molecule has 108 valence electrons. The van der Waals surface area contributed by atoms with Gasteiger partial charge in [-0.3, -0.25) is 9.78 Å². The van der Waals surface area contributed by atoms with Crippen molar-refractivity contribution in [3.63, 3.8) is 0 Å². The smallest absolute Gasteiger partial charge is 0.316 e. The van der Waals surface area contributed by atoms with E-state index in [4.69, 9.17) is 9.47 Å². The van der Waals surface area contributed by atoms with Gasteiger partial charge in [0.1, 0.15) is 12.4 Å². The third-order valence-electron chi connectivity index (χ3n) is 3.85. The van der Waals surface area contributed by atoms with E-state index in [2.05, 4.69) is 4.98 Å². The van der Waals surface area contributed by atoms with Crippen molar-refractivity contribution in [1.82, 2.24) is 4.98 Å². The first-order valence-corrected chi connectivity index (χ1v) is 6.96. The van der Waals surface area contributed by atoms with Gasteiger partial charge in [0.15, 0.2) is 0 Å². The van der Waals surface area contributed by atoms with Crippen LogP contribution >= 0.6 is 0 Å². The lowest BCUT2D eigenvalue weighted by Crippen LogP contribution is -2.21. The molecule has 1 aliphatic carbocycles. The molecule has 1 aromatic heterocycles. The molecule has 1 aliphatic rings. The molecule has 3 rings (SSSR count). The van der Waals surface area contributed by atoms with Gasteiger partial charge in [-0.1, -0.05) is 18.2 Å². The first-order chi connectivity index (χ1) is 10.2. The Balaban J connectivity index is 1.66. The number of pyridine rings is 1. The third kappa shape index (κ3) is 2.75. The quantitative estimate of drug-likeness (QED) is 0.792. The summed E-state index contributed by atoms with van der Waals surface area (Å²) < 4.78 is 10.6. The summed E-state index contributed by atoms with van der Waals surface area (Å²) in [6.45, 7) is 0.433. The maximum Gasteiger partial charge on any atom is 0.316 e. The van der Waals surface area contributed by atoms with E-state index in [1.54, 1.807) is 6.20 Å². The van der Waals surface area contributed by atoms with Crippen molar-refractivity contribution in [1.29, 1.82) is 0 Å². The van der Waals surface area contributed by atoms with Crippen LogP contribution in [-0.2, 0) is 21.6 Å². The maximum atomic E-state index is 11.8. The number of aromatic nitrogens is 1. The minimum atomic E-state index is -0.422. The molecule has 0 amide bonds. The average Bonchev–Trinajstić information content (AvgIpc) is 3.35. The minimum Gasteiger partial charge on any atom is -0.487 e. The number of rotatable bonds is 5. The van der Waals surface area contributed by atoms with Crippen molar-refractivity contribution < 1.29 is 14.3 Å². The molecule has 1 fully saturated rings. The van der Waals surface area contributed by atoms with Gasteiger partial charge in [0, 0.05) is 6.20 Å². The van der Waals surface area contributed by atoms with Crippen molar-refractivity contribution in [3.05, 3.63) is 59.9 Å². The SMILES string of the molecule is COC(=O)C1(c2ccc(OCc3ccccn3)cc2)CC1. The number of benzene rings is 1. The minimum absolute atomic E-state index is 0.148. The van der Waals surface area contributed by atoms with Crippen LogP contribution in [0.5, 0.6) is 5.75 Å². The molecule has 0 bridgehead atoms. The molecule has 0 spiro atoms. The van der Waals surface area contributed by atoms with Gasteiger partial charge in [-0.15, -0.1) is 0 Å². The van der Waals surface area contributed by atoms with Crippen molar-refractivity contribution >= 4 is 5.97 Å². The zero-order valence-electron chi connectivity index (χ0n) is 11.9. The van der Waals surface area contributed by atoms with Crippen LogP contribution in [0.3, 0.4) is 0 Å². The highest BCUT2D eigenvalue weighted by molar-refractivity contribution is 5.86. The van der Waals surface area contributed by atoms with Gasteiger partial charge in [-0.2, -0.15) is 0 Å². The highest BCUT2D eigenvalue weighted by atomic mass is 16.5. The maximum absolute atomic E-state index is 11.8. The Morgan fingerprint density at radius 1 is 1.19 bits per heavy atom. The normalized spacial score (nSPS) is 15.3. The fourth-order valence-electron chi connectivity index (χ4n) is 2.44. The largest absolute Gasteiger partial charge is 0.487 e. The third-order valence-corrected chi connectivity index (χ3v) is 3.85. The average molecular weight is 283 g/mol. The molecular weight excluding hydrogens is 266 g/mol. The molecular formula is C17H17NO3. The molecule has 0 saturated heterocycles. The Hall–Kier alpha value is -2.36.